The second-order valence-electron chi connectivity index (χ2n) is 5.39. The van der Waals surface area contributed by atoms with Gasteiger partial charge in [0, 0.05) is 37.8 Å². The zero-order chi connectivity index (χ0) is 16.4. The van der Waals surface area contributed by atoms with Crippen LogP contribution in [-0.4, -0.2) is 28.3 Å². The van der Waals surface area contributed by atoms with Crippen LogP contribution in [0.4, 0.5) is 17.3 Å². The van der Waals surface area contributed by atoms with E-state index in [9.17, 15) is 9.59 Å². The molecule has 118 valence electrons. The lowest BCUT2D eigenvalue weighted by Crippen LogP contribution is -2.25. The van der Waals surface area contributed by atoms with Gasteiger partial charge in [-0.15, -0.1) is 0 Å². The second kappa shape index (κ2) is 6.04. The summed E-state index contributed by atoms with van der Waals surface area (Å²) in [6.07, 6.45) is 4.61. The molecule has 0 bridgehead atoms. The van der Waals surface area contributed by atoms with E-state index in [1.54, 1.807) is 23.4 Å². The number of pyridine rings is 2. The number of anilines is 3. The van der Waals surface area contributed by atoms with E-state index in [1.807, 2.05) is 12.1 Å². The molecule has 1 fully saturated rings. The SMILES string of the molecule is CC(=O)Nc1cc(-c2cnc(N)c(N3CCCC3=O)c2)ccn1. The Morgan fingerprint density at radius 3 is 2.83 bits per heavy atom. The van der Waals surface area contributed by atoms with Crippen LogP contribution in [-0.2, 0) is 9.59 Å². The number of hydrogen-bond donors (Lipinski definition) is 2. The Bertz CT molecular complexity index is 775. The molecule has 0 radical (unpaired) electrons. The number of nitrogens with one attached hydrogen (secondary N) is 1. The van der Waals surface area contributed by atoms with Crippen LogP contribution in [0.5, 0.6) is 0 Å². The van der Waals surface area contributed by atoms with Crippen LogP contribution in [0.1, 0.15) is 19.8 Å². The number of nitrogens with two attached hydrogens (primary N) is 1. The molecule has 2 aromatic rings. The van der Waals surface area contributed by atoms with Gasteiger partial charge in [-0.3, -0.25) is 9.59 Å². The first kappa shape index (κ1) is 15.0. The average molecular weight is 311 g/mol. The summed E-state index contributed by atoms with van der Waals surface area (Å²) in [5.74, 6) is 0.670. The highest BCUT2D eigenvalue weighted by molar-refractivity contribution is 5.98. The Balaban J connectivity index is 1.97. The van der Waals surface area contributed by atoms with Gasteiger partial charge in [0.2, 0.25) is 11.8 Å². The van der Waals surface area contributed by atoms with E-state index >= 15 is 0 Å². The zero-order valence-electron chi connectivity index (χ0n) is 12.7. The lowest BCUT2D eigenvalue weighted by Gasteiger charge is -2.18. The molecule has 3 N–H and O–H groups in total. The molecule has 0 aromatic carbocycles. The van der Waals surface area contributed by atoms with Crippen molar-refractivity contribution in [2.45, 2.75) is 19.8 Å². The minimum atomic E-state index is -0.187. The third kappa shape index (κ3) is 3.13. The van der Waals surface area contributed by atoms with Gasteiger partial charge in [-0.05, 0) is 30.2 Å². The number of nitrogens with zero attached hydrogens (tertiary/aromatic N) is 3. The monoisotopic (exact) mass is 311 g/mol. The Morgan fingerprint density at radius 2 is 2.13 bits per heavy atom. The maximum absolute atomic E-state index is 11.9. The van der Waals surface area contributed by atoms with Crippen molar-refractivity contribution in [3.8, 4) is 11.1 Å². The molecule has 1 aliphatic rings. The van der Waals surface area contributed by atoms with E-state index < -0.39 is 0 Å². The van der Waals surface area contributed by atoms with Crippen LogP contribution in [0.2, 0.25) is 0 Å². The molecular weight excluding hydrogens is 294 g/mol. The number of nitrogen functional groups attached to an aromatic ring is 1. The normalized spacial score (nSPS) is 14.1. The molecule has 0 unspecified atom stereocenters. The Hall–Kier alpha value is -2.96. The summed E-state index contributed by atoms with van der Waals surface area (Å²) >= 11 is 0. The molecule has 3 heterocycles. The van der Waals surface area contributed by atoms with E-state index in [2.05, 4.69) is 15.3 Å². The van der Waals surface area contributed by atoms with Gasteiger partial charge in [-0.1, -0.05) is 0 Å². The maximum atomic E-state index is 11.9. The predicted octanol–water partition coefficient (Wildman–Crippen LogP) is 1.81. The molecular formula is C16H17N5O2. The molecule has 7 heteroatoms. The van der Waals surface area contributed by atoms with Gasteiger partial charge in [0.25, 0.3) is 0 Å². The van der Waals surface area contributed by atoms with Crippen LogP contribution in [0.15, 0.2) is 30.6 Å². The van der Waals surface area contributed by atoms with Crippen LogP contribution in [0.3, 0.4) is 0 Å². The zero-order valence-corrected chi connectivity index (χ0v) is 12.7. The van der Waals surface area contributed by atoms with Gasteiger partial charge in [0.05, 0.1) is 5.69 Å². The minimum absolute atomic E-state index is 0.0595. The molecule has 7 nitrogen and oxygen atoms in total. The molecule has 0 atom stereocenters. The van der Waals surface area contributed by atoms with Crippen LogP contribution in [0, 0.1) is 0 Å². The summed E-state index contributed by atoms with van der Waals surface area (Å²) in [7, 11) is 0. The van der Waals surface area contributed by atoms with E-state index in [1.165, 1.54) is 6.92 Å². The fourth-order valence-corrected chi connectivity index (χ4v) is 2.60. The van der Waals surface area contributed by atoms with Gasteiger partial charge in [-0.25, -0.2) is 9.97 Å². The molecule has 0 aliphatic carbocycles. The second-order valence-corrected chi connectivity index (χ2v) is 5.39. The van der Waals surface area contributed by atoms with Crippen molar-refractivity contribution in [3.63, 3.8) is 0 Å². The van der Waals surface area contributed by atoms with Crippen molar-refractivity contribution in [2.75, 3.05) is 22.5 Å². The predicted molar refractivity (Wildman–Crippen MR) is 87.8 cm³/mol. The van der Waals surface area contributed by atoms with Crippen molar-refractivity contribution in [1.29, 1.82) is 0 Å². The number of carbonyl (C=O) groups is 2. The molecule has 0 spiro atoms. The lowest BCUT2D eigenvalue weighted by molar-refractivity contribution is -0.117. The summed E-state index contributed by atoms with van der Waals surface area (Å²) in [5.41, 5.74) is 8.20. The van der Waals surface area contributed by atoms with Gasteiger partial charge in [0.1, 0.15) is 11.6 Å². The third-order valence-corrected chi connectivity index (χ3v) is 3.66. The highest BCUT2D eigenvalue weighted by atomic mass is 16.2. The molecule has 23 heavy (non-hydrogen) atoms. The minimum Gasteiger partial charge on any atom is -0.382 e. The first-order valence-electron chi connectivity index (χ1n) is 7.34. The summed E-state index contributed by atoms with van der Waals surface area (Å²) < 4.78 is 0. The standard InChI is InChI=1S/C16H17N5O2/c1-10(22)20-14-8-11(4-5-18-14)12-7-13(16(17)19-9-12)21-6-2-3-15(21)23/h4-5,7-9H,2-3,6H2,1H3,(H2,17,19)(H,18,20,22). The molecule has 3 rings (SSSR count). The largest absolute Gasteiger partial charge is 0.382 e. The summed E-state index contributed by atoms with van der Waals surface area (Å²) in [5, 5.41) is 2.64. The summed E-state index contributed by atoms with van der Waals surface area (Å²) in [6, 6.07) is 5.41. The van der Waals surface area contributed by atoms with E-state index in [-0.39, 0.29) is 11.8 Å². The first-order valence-corrected chi connectivity index (χ1v) is 7.34. The smallest absolute Gasteiger partial charge is 0.227 e. The quantitative estimate of drug-likeness (QED) is 0.900. The fourth-order valence-electron chi connectivity index (χ4n) is 2.60. The maximum Gasteiger partial charge on any atom is 0.227 e. The van der Waals surface area contributed by atoms with Crippen LogP contribution in [0.25, 0.3) is 11.1 Å². The number of aromatic nitrogens is 2. The van der Waals surface area contributed by atoms with Crippen LogP contribution < -0.4 is 16.0 Å². The topological polar surface area (TPSA) is 101 Å². The van der Waals surface area contributed by atoms with E-state index in [0.29, 0.717) is 30.3 Å². The Kier molecular flexibility index (Phi) is 3.92. The van der Waals surface area contributed by atoms with Crippen molar-refractivity contribution in [2.24, 2.45) is 0 Å². The first-order chi connectivity index (χ1) is 11.0. The van der Waals surface area contributed by atoms with E-state index in [4.69, 9.17) is 5.73 Å². The van der Waals surface area contributed by atoms with Crippen molar-refractivity contribution < 1.29 is 9.59 Å². The van der Waals surface area contributed by atoms with Crippen molar-refractivity contribution in [1.82, 2.24) is 9.97 Å². The Morgan fingerprint density at radius 1 is 1.30 bits per heavy atom. The summed E-state index contributed by atoms with van der Waals surface area (Å²) in [6.45, 7) is 2.08. The van der Waals surface area contributed by atoms with Gasteiger partial charge in [-0.2, -0.15) is 0 Å². The highest BCUT2D eigenvalue weighted by Crippen LogP contribution is 2.31. The molecule has 2 amide bonds. The number of rotatable bonds is 3. The molecule has 2 aromatic heterocycles. The summed E-state index contributed by atoms with van der Waals surface area (Å²) in [4.78, 5) is 33.0. The molecule has 1 aliphatic heterocycles. The lowest BCUT2D eigenvalue weighted by atomic mass is 10.1. The molecule has 1 saturated heterocycles. The van der Waals surface area contributed by atoms with Gasteiger partial charge < -0.3 is 16.0 Å². The van der Waals surface area contributed by atoms with Gasteiger partial charge in [0.15, 0.2) is 0 Å². The Labute approximate surface area is 133 Å². The fraction of sp³-hybridized carbons (Fsp3) is 0.250. The number of carbonyl (C=O) groups excluding carboxylic acids is 2. The highest BCUT2D eigenvalue weighted by Gasteiger charge is 2.24. The third-order valence-electron chi connectivity index (χ3n) is 3.66. The molecule has 0 saturated carbocycles. The van der Waals surface area contributed by atoms with E-state index in [0.717, 1.165) is 17.5 Å². The van der Waals surface area contributed by atoms with Crippen LogP contribution >= 0.6 is 0 Å². The van der Waals surface area contributed by atoms with Crippen molar-refractivity contribution >= 4 is 29.1 Å². The van der Waals surface area contributed by atoms with Gasteiger partial charge >= 0.3 is 0 Å². The van der Waals surface area contributed by atoms with Crippen molar-refractivity contribution in [3.05, 3.63) is 30.6 Å². The number of hydrogen-bond acceptors (Lipinski definition) is 5. The average Bonchev–Trinajstić information content (AvgIpc) is 2.93. The number of amides is 2.